The topological polar surface area (TPSA) is 15.6 Å². The third-order valence-corrected chi connectivity index (χ3v) is 1.76. The van der Waals surface area contributed by atoms with Gasteiger partial charge in [-0.25, -0.2) is 0 Å². The molecule has 0 bridgehead atoms. The van der Waals surface area contributed by atoms with Crippen LogP contribution in [-0.2, 0) is 0 Å². The second kappa shape index (κ2) is 8.30. The maximum absolute atomic E-state index is 4.09. The zero-order valence-electron chi connectivity index (χ0n) is 9.19. The largest absolute Gasteiger partial charge is 0.359 e. The molecule has 0 saturated heterocycles. The van der Waals surface area contributed by atoms with Crippen LogP contribution in [0.5, 0.6) is 0 Å². The summed E-state index contributed by atoms with van der Waals surface area (Å²) in [5, 5.41) is 0. The summed E-state index contributed by atoms with van der Waals surface area (Å²) in [4.78, 5) is 6.32. The average Bonchev–Trinajstić information content (AvgIpc) is 2.68. The number of nitrogens with zero attached hydrogens (tertiary/aromatic N) is 2. The summed E-state index contributed by atoms with van der Waals surface area (Å²) in [6.45, 7) is 13.4. The molecule has 0 fully saturated rings. The van der Waals surface area contributed by atoms with E-state index in [0.29, 0.717) is 6.04 Å². The highest BCUT2D eigenvalue weighted by molar-refractivity contribution is 5.57. The van der Waals surface area contributed by atoms with Gasteiger partial charge in [0, 0.05) is 12.6 Å². The minimum absolute atomic E-state index is 0.626. The van der Waals surface area contributed by atoms with Crippen molar-refractivity contribution in [3.8, 4) is 0 Å². The normalized spacial score (nSPS) is 14.4. The van der Waals surface area contributed by atoms with Gasteiger partial charge in [0.1, 0.15) is 0 Å². The molecule has 0 radical (unpaired) electrons. The third kappa shape index (κ3) is 6.23. The molecule has 0 aromatic heterocycles. The van der Waals surface area contributed by atoms with Crippen LogP contribution in [0.2, 0.25) is 0 Å². The van der Waals surface area contributed by atoms with E-state index in [2.05, 4.69) is 36.9 Å². The standard InChI is InChI=1S/C6H12N2.C6H8/c1-6(2)8-4-3-7-5-8;1-3-5-6-4-2/h5-6H,3-4H2,1-2H3;3-6H,1-2H2/b;6-5-. The SMILES string of the molecule is C=C/C=C\C=C.CC(C)N1C=NCC1. The van der Waals surface area contributed by atoms with Gasteiger partial charge in [0.2, 0.25) is 0 Å². The van der Waals surface area contributed by atoms with Crippen LogP contribution in [0.25, 0.3) is 0 Å². The third-order valence-electron chi connectivity index (χ3n) is 1.76. The highest BCUT2D eigenvalue weighted by Gasteiger charge is 2.06. The van der Waals surface area contributed by atoms with E-state index >= 15 is 0 Å². The van der Waals surface area contributed by atoms with E-state index in [1.807, 2.05) is 18.5 Å². The first-order chi connectivity index (χ1) is 6.72. The monoisotopic (exact) mass is 192 g/mol. The fourth-order valence-electron chi connectivity index (χ4n) is 0.942. The predicted octanol–water partition coefficient (Wildman–Crippen LogP) is 2.65. The lowest BCUT2D eigenvalue weighted by atomic mass is 10.3. The van der Waals surface area contributed by atoms with Crippen LogP contribution in [0.15, 0.2) is 42.5 Å². The Labute approximate surface area is 87.3 Å². The summed E-state index contributed by atoms with van der Waals surface area (Å²) in [6, 6.07) is 0.626. The van der Waals surface area contributed by atoms with Crippen LogP contribution < -0.4 is 0 Å². The summed E-state index contributed by atoms with van der Waals surface area (Å²) in [6.07, 6.45) is 9.01. The molecule has 1 rings (SSSR count). The maximum atomic E-state index is 4.09. The van der Waals surface area contributed by atoms with Crippen LogP contribution in [0.4, 0.5) is 0 Å². The minimum atomic E-state index is 0.626. The lowest BCUT2D eigenvalue weighted by molar-refractivity contribution is 0.390. The Morgan fingerprint density at radius 3 is 2.07 bits per heavy atom. The number of aliphatic imine (C=N–C) groups is 1. The Balaban J connectivity index is 0.000000255. The van der Waals surface area contributed by atoms with Gasteiger partial charge in [-0.15, -0.1) is 0 Å². The molecule has 2 heteroatoms. The fraction of sp³-hybridized carbons (Fsp3) is 0.417. The summed E-state index contributed by atoms with van der Waals surface area (Å²) in [5.41, 5.74) is 0. The average molecular weight is 192 g/mol. The molecule has 0 spiro atoms. The van der Waals surface area contributed by atoms with Crippen molar-refractivity contribution < 1.29 is 0 Å². The molecule has 14 heavy (non-hydrogen) atoms. The highest BCUT2D eigenvalue weighted by atomic mass is 15.2. The molecule has 1 aliphatic rings. The molecule has 1 heterocycles. The van der Waals surface area contributed by atoms with Gasteiger partial charge in [-0.1, -0.05) is 37.5 Å². The number of rotatable bonds is 3. The fourth-order valence-corrected chi connectivity index (χ4v) is 0.942. The van der Waals surface area contributed by atoms with Gasteiger partial charge >= 0.3 is 0 Å². The van der Waals surface area contributed by atoms with Crippen molar-refractivity contribution in [1.29, 1.82) is 0 Å². The first kappa shape index (κ1) is 12.7. The minimum Gasteiger partial charge on any atom is -0.359 e. The molecule has 0 aromatic carbocycles. The van der Waals surface area contributed by atoms with Crippen molar-refractivity contribution in [2.24, 2.45) is 4.99 Å². The van der Waals surface area contributed by atoms with E-state index < -0.39 is 0 Å². The summed E-state index contributed by atoms with van der Waals surface area (Å²) < 4.78 is 0. The molecule has 0 aliphatic carbocycles. The first-order valence-electron chi connectivity index (χ1n) is 4.88. The second-order valence-corrected chi connectivity index (χ2v) is 3.21. The molecule has 0 saturated carbocycles. The van der Waals surface area contributed by atoms with Crippen LogP contribution in [0, 0.1) is 0 Å². The number of allylic oxidation sites excluding steroid dienone is 4. The van der Waals surface area contributed by atoms with Gasteiger partial charge < -0.3 is 4.90 Å². The Hall–Kier alpha value is -1.31. The molecule has 0 atom stereocenters. The van der Waals surface area contributed by atoms with E-state index in [4.69, 9.17) is 0 Å². The Morgan fingerprint density at radius 1 is 1.29 bits per heavy atom. The van der Waals surface area contributed by atoms with Crippen molar-refractivity contribution in [2.75, 3.05) is 13.1 Å². The van der Waals surface area contributed by atoms with Crippen molar-refractivity contribution >= 4 is 6.34 Å². The molecule has 78 valence electrons. The van der Waals surface area contributed by atoms with Crippen molar-refractivity contribution in [3.63, 3.8) is 0 Å². The quantitative estimate of drug-likeness (QED) is 0.628. The predicted molar refractivity (Wildman–Crippen MR) is 64.7 cm³/mol. The smallest absolute Gasteiger partial charge is 0.0853 e. The molecular formula is C12H20N2. The van der Waals surface area contributed by atoms with Crippen molar-refractivity contribution in [3.05, 3.63) is 37.5 Å². The van der Waals surface area contributed by atoms with Gasteiger partial charge in [0.05, 0.1) is 12.9 Å². The van der Waals surface area contributed by atoms with E-state index in [0.717, 1.165) is 13.1 Å². The van der Waals surface area contributed by atoms with E-state index in [1.165, 1.54) is 0 Å². The maximum Gasteiger partial charge on any atom is 0.0853 e. The molecule has 0 unspecified atom stereocenters. The molecule has 0 amide bonds. The number of hydrogen-bond acceptors (Lipinski definition) is 2. The van der Waals surface area contributed by atoms with Crippen LogP contribution in [0.1, 0.15) is 13.8 Å². The van der Waals surface area contributed by atoms with Gasteiger partial charge in [-0.2, -0.15) is 0 Å². The van der Waals surface area contributed by atoms with Crippen molar-refractivity contribution in [1.82, 2.24) is 4.90 Å². The zero-order chi connectivity index (χ0) is 10.8. The van der Waals surface area contributed by atoms with Crippen molar-refractivity contribution in [2.45, 2.75) is 19.9 Å². The number of hydrogen-bond donors (Lipinski definition) is 0. The van der Waals surface area contributed by atoms with Crippen LogP contribution in [-0.4, -0.2) is 30.4 Å². The molecule has 0 N–H and O–H groups in total. The van der Waals surface area contributed by atoms with Crippen LogP contribution in [0.3, 0.4) is 0 Å². The molecule has 2 nitrogen and oxygen atoms in total. The van der Waals surface area contributed by atoms with Gasteiger partial charge in [0.15, 0.2) is 0 Å². The Morgan fingerprint density at radius 2 is 1.86 bits per heavy atom. The lowest BCUT2D eigenvalue weighted by Gasteiger charge is -2.17. The molecular weight excluding hydrogens is 172 g/mol. The zero-order valence-corrected chi connectivity index (χ0v) is 9.19. The second-order valence-electron chi connectivity index (χ2n) is 3.21. The van der Waals surface area contributed by atoms with E-state index in [9.17, 15) is 0 Å². The first-order valence-corrected chi connectivity index (χ1v) is 4.88. The lowest BCUT2D eigenvalue weighted by Crippen LogP contribution is -2.27. The summed E-state index contributed by atoms with van der Waals surface area (Å²) in [5.74, 6) is 0. The van der Waals surface area contributed by atoms with E-state index in [1.54, 1.807) is 12.2 Å². The summed E-state index contributed by atoms with van der Waals surface area (Å²) in [7, 11) is 0. The highest BCUT2D eigenvalue weighted by Crippen LogP contribution is 1.98. The van der Waals surface area contributed by atoms with Gasteiger partial charge in [0.25, 0.3) is 0 Å². The van der Waals surface area contributed by atoms with Gasteiger partial charge in [-0.05, 0) is 13.8 Å². The Bertz CT molecular complexity index is 204. The van der Waals surface area contributed by atoms with Gasteiger partial charge in [-0.3, -0.25) is 4.99 Å². The molecule has 0 aromatic rings. The summed E-state index contributed by atoms with van der Waals surface area (Å²) >= 11 is 0. The van der Waals surface area contributed by atoms with Crippen LogP contribution >= 0.6 is 0 Å². The Kier molecular flexibility index (Phi) is 7.52. The van der Waals surface area contributed by atoms with E-state index in [-0.39, 0.29) is 0 Å². The molecule has 1 aliphatic heterocycles.